The van der Waals surface area contributed by atoms with Gasteiger partial charge < -0.3 is 10.6 Å². The molecule has 0 spiro atoms. The van der Waals surface area contributed by atoms with E-state index >= 15 is 0 Å². The Labute approximate surface area is 128 Å². The minimum absolute atomic E-state index is 0.340. The van der Waals surface area contributed by atoms with Crippen LogP contribution in [0, 0.1) is 11.3 Å². The lowest BCUT2D eigenvalue weighted by atomic mass is 9.89. The Morgan fingerprint density at radius 2 is 1.95 bits per heavy atom. The monoisotopic (exact) mass is 301 g/mol. The van der Waals surface area contributed by atoms with Crippen LogP contribution in [0.4, 0.5) is 11.6 Å². The van der Waals surface area contributed by atoms with Crippen LogP contribution >= 0.6 is 11.6 Å². The summed E-state index contributed by atoms with van der Waals surface area (Å²) in [7, 11) is 0. The molecule has 3 N–H and O–H groups in total. The van der Waals surface area contributed by atoms with E-state index in [2.05, 4.69) is 33.3 Å². The summed E-state index contributed by atoms with van der Waals surface area (Å²) >= 11 is 5.93. The molecule has 21 heavy (non-hydrogen) atoms. The minimum Gasteiger partial charge on any atom is -0.383 e. The summed E-state index contributed by atoms with van der Waals surface area (Å²) in [6.45, 7) is 1.73. The number of aromatic nitrogens is 2. The number of nitrogens with two attached hydrogens (primary N) is 1. The average Bonchev–Trinajstić information content (AvgIpc) is 2.89. The molecule has 0 unspecified atom stereocenters. The molecule has 0 amide bonds. The van der Waals surface area contributed by atoms with Crippen LogP contribution in [0.25, 0.3) is 0 Å². The van der Waals surface area contributed by atoms with Gasteiger partial charge in [-0.25, -0.2) is 0 Å². The number of aromatic amines is 1. The first-order valence-electron chi connectivity index (χ1n) is 6.93. The van der Waals surface area contributed by atoms with Crippen molar-refractivity contribution >= 4 is 23.2 Å². The van der Waals surface area contributed by atoms with Gasteiger partial charge in [-0.15, -0.1) is 0 Å². The lowest BCUT2D eigenvalue weighted by Crippen LogP contribution is -2.33. The molecule has 1 aliphatic rings. The number of H-pyrrole nitrogens is 1. The summed E-state index contributed by atoms with van der Waals surface area (Å²) in [5, 5.41) is 16.8. The predicted octanol–water partition coefficient (Wildman–Crippen LogP) is 2.90. The molecule has 0 radical (unpaired) electrons. The molecule has 0 atom stereocenters. The highest BCUT2D eigenvalue weighted by atomic mass is 35.5. The second-order valence-electron chi connectivity index (χ2n) is 5.26. The van der Waals surface area contributed by atoms with Gasteiger partial charge >= 0.3 is 0 Å². The Balaban J connectivity index is 1.70. The maximum absolute atomic E-state index is 9.15. The van der Waals surface area contributed by atoms with Crippen molar-refractivity contribution in [2.75, 3.05) is 23.7 Å². The Hall–Kier alpha value is -2.19. The quantitative estimate of drug-likeness (QED) is 0.893. The minimum atomic E-state index is 0.340. The number of nitrogens with one attached hydrogen (secondary N) is 1. The summed E-state index contributed by atoms with van der Waals surface area (Å²) < 4.78 is 0. The number of rotatable bonds is 2. The first-order chi connectivity index (χ1) is 10.2. The molecule has 108 valence electrons. The van der Waals surface area contributed by atoms with Crippen LogP contribution in [0.3, 0.4) is 0 Å². The fourth-order valence-electron chi connectivity index (χ4n) is 2.84. The molecule has 6 heteroatoms. The zero-order valence-corrected chi connectivity index (χ0v) is 12.3. The largest absolute Gasteiger partial charge is 0.383 e. The van der Waals surface area contributed by atoms with Gasteiger partial charge in [0.1, 0.15) is 17.5 Å². The second-order valence-corrected chi connectivity index (χ2v) is 5.70. The van der Waals surface area contributed by atoms with Crippen LogP contribution in [0.15, 0.2) is 24.3 Å². The molecule has 0 saturated carbocycles. The molecule has 2 aromatic rings. The fraction of sp³-hybridized carbons (Fsp3) is 0.333. The van der Waals surface area contributed by atoms with E-state index in [1.807, 2.05) is 12.1 Å². The summed E-state index contributed by atoms with van der Waals surface area (Å²) in [6.07, 6.45) is 2.05. The Kier molecular flexibility index (Phi) is 3.72. The second kappa shape index (κ2) is 5.66. The van der Waals surface area contributed by atoms with Gasteiger partial charge in [-0.2, -0.15) is 10.4 Å². The topological polar surface area (TPSA) is 81.7 Å². The van der Waals surface area contributed by atoms with Crippen LogP contribution in [0.1, 0.15) is 29.9 Å². The highest BCUT2D eigenvalue weighted by molar-refractivity contribution is 6.30. The third kappa shape index (κ3) is 2.67. The highest BCUT2D eigenvalue weighted by Crippen LogP contribution is 2.32. The van der Waals surface area contributed by atoms with Crippen LogP contribution < -0.4 is 10.6 Å². The van der Waals surface area contributed by atoms with Crippen molar-refractivity contribution in [3.63, 3.8) is 0 Å². The van der Waals surface area contributed by atoms with E-state index in [1.165, 1.54) is 5.56 Å². The molecule has 1 fully saturated rings. The number of hydrogen-bond donors (Lipinski definition) is 2. The van der Waals surface area contributed by atoms with Crippen molar-refractivity contribution < 1.29 is 0 Å². The molecule has 1 aromatic carbocycles. The number of hydrogen-bond acceptors (Lipinski definition) is 4. The number of nitrogen functional groups attached to an aromatic ring is 1. The van der Waals surface area contributed by atoms with Gasteiger partial charge in [0.05, 0.1) is 0 Å². The number of halogens is 1. The van der Waals surface area contributed by atoms with E-state index in [1.54, 1.807) is 0 Å². The molecule has 2 heterocycles. The average molecular weight is 302 g/mol. The highest BCUT2D eigenvalue weighted by Gasteiger charge is 2.24. The first-order valence-corrected chi connectivity index (χ1v) is 7.31. The molecular formula is C15H16ClN5. The van der Waals surface area contributed by atoms with Crippen molar-refractivity contribution in [2.45, 2.75) is 18.8 Å². The Bertz CT molecular complexity index is 662. The molecule has 1 saturated heterocycles. The predicted molar refractivity (Wildman–Crippen MR) is 83.4 cm³/mol. The van der Waals surface area contributed by atoms with Gasteiger partial charge in [0, 0.05) is 18.1 Å². The van der Waals surface area contributed by atoms with Gasteiger partial charge in [0.15, 0.2) is 5.82 Å². The van der Waals surface area contributed by atoms with Crippen LogP contribution in [0.5, 0.6) is 0 Å². The SMILES string of the molecule is N#Cc1c(N2CCC(c3ccc(Cl)cc3)CC2)n[nH]c1N. The summed E-state index contributed by atoms with van der Waals surface area (Å²) in [4.78, 5) is 2.12. The van der Waals surface area contributed by atoms with Gasteiger partial charge in [0.25, 0.3) is 0 Å². The van der Waals surface area contributed by atoms with Gasteiger partial charge in [-0.3, -0.25) is 5.10 Å². The molecule has 5 nitrogen and oxygen atoms in total. The molecule has 1 aliphatic heterocycles. The summed E-state index contributed by atoms with van der Waals surface area (Å²) in [5.74, 6) is 1.54. The first kappa shape index (κ1) is 13.8. The number of piperidine rings is 1. The van der Waals surface area contributed by atoms with Crippen LogP contribution in [0.2, 0.25) is 5.02 Å². The maximum Gasteiger partial charge on any atom is 0.170 e. The zero-order valence-electron chi connectivity index (χ0n) is 11.5. The van der Waals surface area contributed by atoms with Crippen molar-refractivity contribution in [1.29, 1.82) is 5.26 Å². The van der Waals surface area contributed by atoms with Gasteiger partial charge in [0.2, 0.25) is 0 Å². The molecule has 0 aliphatic carbocycles. The normalized spacial score (nSPS) is 15.9. The zero-order chi connectivity index (χ0) is 14.8. The van der Waals surface area contributed by atoms with E-state index in [9.17, 15) is 0 Å². The van der Waals surface area contributed by atoms with E-state index in [0.29, 0.717) is 23.1 Å². The van der Waals surface area contributed by atoms with E-state index in [-0.39, 0.29) is 0 Å². The Morgan fingerprint density at radius 3 is 2.57 bits per heavy atom. The summed E-state index contributed by atoms with van der Waals surface area (Å²) in [6, 6.07) is 10.2. The van der Waals surface area contributed by atoms with Crippen molar-refractivity contribution in [1.82, 2.24) is 10.2 Å². The van der Waals surface area contributed by atoms with Crippen molar-refractivity contribution in [3.05, 3.63) is 40.4 Å². The number of benzene rings is 1. The van der Waals surface area contributed by atoms with Crippen molar-refractivity contribution in [2.24, 2.45) is 0 Å². The number of nitriles is 1. The van der Waals surface area contributed by atoms with Crippen LogP contribution in [-0.4, -0.2) is 23.3 Å². The number of nitrogens with zero attached hydrogens (tertiary/aromatic N) is 3. The van der Waals surface area contributed by atoms with Gasteiger partial charge in [-0.05, 0) is 36.5 Å². The van der Waals surface area contributed by atoms with E-state index in [0.717, 1.165) is 31.0 Å². The summed E-state index contributed by atoms with van der Waals surface area (Å²) in [5.41, 5.74) is 7.48. The molecule has 3 rings (SSSR count). The molecular weight excluding hydrogens is 286 g/mol. The molecule has 1 aromatic heterocycles. The third-order valence-corrected chi connectivity index (χ3v) is 4.27. The Morgan fingerprint density at radius 1 is 1.29 bits per heavy atom. The lowest BCUT2D eigenvalue weighted by molar-refractivity contribution is 0.502. The van der Waals surface area contributed by atoms with Crippen LogP contribution in [-0.2, 0) is 0 Å². The fourth-order valence-corrected chi connectivity index (χ4v) is 2.97. The smallest absolute Gasteiger partial charge is 0.170 e. The van der Waals surface area contributed by atoms with E-state index < -0.39 is 0 Å². The maximum atomic E-state index is 9.15. The lowest BCUT2D eigenvalue weighted by Gasteiger charge is -2.32. The number of anilines is 2. The van der Waals surface area contributed by atoms with Gasteiger partial charge in [-0.1, -0.05) is 23.7 Å². The standard InChI is InChI=1S/C15H16ClN5/c16-12-3-1-10(2-4-12)11-5-7-21(8-6-11)15-13(9-17)14(18)19-20-15/h1-4,11H,5-8H2,(H3,18,19,20). The molecule has 0 bridgehead atoms. The van der Waals surface area contributed by atoms with E-state index in [4.69, 9.17) is 22.6 Å². The third-order valence-electron chi connectivity index (χ3n) is 4.02. The van der Waals surface area contributed by atoms with Crippen molar-refractivity contribution in [3.8, 4) is 6.07 Å².